The summed E-state index contributed by atoms with van der Waals surface area (Å²) >= 11 is 0. The molecule has 1 aliphatic rings. The molecule has 0 saturated carbocycles. The molecule has 7 heteroatoms. The Hall–Kier alpha value is -2.57. The molecule has 1 N–H and O–H groups in total. The SMILES string of the molecule is COc1ccccc1[C@H]1C[C@@H](C)CCN1C(=O)NCCn1cncn1. The monoisotopic (exact) mass is 343 g/mol. The van der Waals surface area contributed by atoms with Crippen molar-refractivity contribution < 1.29 is 9.53 Å². The number of methoxy groups -OCH3 is 1. The third-order valence-electron chi connectivity index (χ3n) is 4.71. The average Bonchev–Trinajstić information content (AvgIpc) is 3.15. The second-order valence-corrected chi connectivity index (χ2v) is 6.47. The van der Waals surface area contributed by atoms with Crippen molar-refractivity contribution in [3.8, 4) is 5.75 Å². The lowest BCUT2D eigenvalue weighted by Crippen LogP contribution is -2.46. The number of ether oxygens (including phenoxy) is 1. The van der Waals surface area contributed by atoms with E-state index in [0.717, 1.165) is 30.7 Å². The molecule has 1 saturated heterocycles. The maximum atomic E-state index is 12.7. The molecule has 1 aliphatic heterocycles. The Bertz CT molecular complexity index is 689. The highest BCUT2D eigenvalue weighted by atomic mass is 16.5. The van der Waals surface area contributed by atoms with Gasteiger partial charge >= 0.3 is 6.03 Å². The topological polar surface area (TPSA) is 72.3 Å². The van der Waals surface area contributed by atoms with Gasteiger partial charge in [-0.2, -0.15) is 5.10 Å². The highest BCUT2D eigenvalue weighted by Gasteiger charge is 2.32. The highest BCUT2D eigenvalue weighted by Crippen LogP contribution is 2.38. The van der Waals surface area contributed by atoms with E-state index in [-0.39, 0.29) is 12.1 Å². The minimum Gasteiger partial charge on any atom is -0.496 e. The Morgan fingerprint density at radius 1 is 1.40 bits per heavy atom. The molecule has 0 aliphatic carbocycles. The van der Waals surface area contributed by atoms with Crippen LogP contribution in [0.2, 0.25) is 0 Å². The Morgan fingerprint density at radius 2 is 2.24 bits per heavy atom. The first kappa shape index (κ1) is 17.3. The summed E-state index contributed by atoms with van der Waals surface area (Å²) in [5, 5.41) is 7.05. The molecule has 1 aromatic heterocycles. The number of aromatic nitrogens is 3. The number of nitrogens with zero attached hydrogens (tertiary/aromatic N) is 4. The standard InChI is InChI=1S/C18H25N5O2/c1-14-7-9-23(18(24)20-8-10-22-13-19-12-21-22)16(11-14)15-5-3-4-6-17(15)25-2/h3-6,12-14,16H,7-11H2,1-2H3,(H,20,24)/t14-,16+/m0/s1. The predicted octanol–water partition coefficient (Wildman–Crippen LogP) is 2.47. The molecule has 0 radical (unpaired) electrons. The maximum Gasteiger partial charge on any atom is 0.317 e. The molecule has 3 rings (SSSR count). The second-order valence-electron chi connectivity index (χ2n) is 6.47. The number of urea groups is 1. The molecule has 134 valence electrons. The van der Waals surface area contributed by atoms with Crippen LogP contribution >= 0.6 is 0 Å². The Kier molecular flexibility index (Phi) is 5.53. The lowest BCUT2D eigenvalue weighted by atomic mass is 9.88. The normalized spacial score (nSPS) is 20.3. The van der Waals surface area contributed by atoms with E-state index in [2.05, 4.69) is 28.4 Å². The first-order chi connectivity index (χ1) is 12.2. The van der Waals surface area contributed by atoms with Crippen LogP contribution in [-0.2, 0) is 6.54 Å². The van der Waals surface area contributed by atoms with Gasteiger partial charge in [0.2, 0.25) is 0 Å². The summed E-state index contributed by atoms with van der Waals surface area (Å²) in [6.45, 7) is 4.11. The third kappa shape index (κ3) is 4.10. The van der Waals surface area contributed by atoms with Crippen LogP contribution < -0.4 is 10.1 Å². The maximum absolute atomic E-state index is 12.7. The predicted molar refractivity (Wildman–Crippen MR) is 94.3 cm³/mol. The van der Waals surface area contributed by atoms with E-state index >= 15 is 0 Å². The molecule has 2 heterocycles. The summed E-state index contributed by atoms with van der Waals surface area (Å²) in [4.78, 5) is 18.6. The van der Waals surface area contributed by atoms with Gasteiger partial charge in [-0.25, -0.2) is 9.78 Å². The first-order valence-electron chi connectivity index (χ1n) is 8.69. The zero-order valence-electron chi connectivity index (χ0n) is 14.8. The van der Waals surface area contributed by atoms with Gasteiger partial charge in [-0.3, -0.25) is 4.68 Å². The summed E-state index contributed by atoms with van der Waals surface area (Å²) in [5.74, 6) is 1.41. The number of hydrogen-bond donors (Lipinski definition) is 1. The zero-order chi connectivity index (χ0) is 17.6. The smallest absolute Gasteiger partial charge is 0.317 e. The average molecular weight is 343 g/mol. The number of carbonyl (C=O) groups is 1. The third-order valence-corrected chi connectivity index (χ3v) is 4.71. The molecule has 25 heavy (non-hydrogen) atoms. The van der Waals surface area contributed by atoms with Gasteiger partial charge in [-0.05, 0) is 24.8 Å². The van der Waals surface area contributed by atoms with Gasteiger partial charge in [0.15, 0.2) is 0 Å². The molecule has 0 unspecified atom stereocenters. The molecule has 1 aromatic carbocycles. The number of nitrogens with one attached hydrogen (secondary N) is 1. The molecule has 1 fully saturated rings. The van der Waals surface area contributed by atoms with Crippen LogP contribution in [0, 0.1) is 5.92 Å². The fourth-order valence-electron chi connectivity index (χ4n) is 3.35. The van der Waals surface area contributed by atoms with E-state index in [9.17, 15) is 4.79 Å². The summed E-state index contributed by atoms with van der Waals surface area (Å²) in [6.07, 6.45) is 5.09. The molecule has 0 bridgehead atoms. The van der Waals surface area contributed by atoms with Gasteiger partial charge in [0.25, 0.3) is 0 Å². The fraction of sp³-hybridized carbons (Fsp3) is 0.500. The van der Waals surface area contributed by atoms with E-state index in [4.69, 9.17) is 4.74 Å². The first-order valence-corrected chi connectivity index (χ1v) is 8.69. The second kappa shape index (κ2) is 8.00. The fourth-order valence-corrected chi connectivity index (χ4v) is 3.35. The van der Waals surface area contributed by atoms with Gasteiger partial charge in [0, 0.05) is 18.7 Å². The van der Waals surface area contributed by atoms with Gasteiger partial charge in [0.05, 0.1) is 19.7 Å². The van der Waals surface area contributed by atoms with Crippen molar-refractivity contribution in [2.24, 2.45) is 5.92 Å². The lowest BCUT2D eigenvalue weighted by molar-refractivity contribution is 0.130. The van der Waals surface area contributed by atoms with Gasteiger partial charge < -0.3 is 15.0 Å². The Labute approximate surface area is 148 Å². The van der Waals surface area contributed by atoms with Crippen LogP contribution in [0.4, 0.5) is 4.79 Å². The van der Waals surface area contributed by atoms with E-state index in [0.29, 0.717) is 19.0 Å². The number of piperidine rings is 1. The van der Waals surface area contributed by atoms with Crippen LogP contribution in [-0.4, -0.2) is 45.9 Å². The zero-order valence-corrected chi connectivity index (χ0v) is 14.8. The quantitative estimate of drug-likeness (QED) is 0.905. The highest BCUT2D eigenvalue weighted by molar-refractivity contribution is 5.75. The summed E-state index contributed by atoms with van der Waals surface area (Å²) < 4.78 is 7.22. The van der Waals surface area contributed by atoms with Crippen molar-refractivity contribution in [3.63, 3.8) is 0 Å². The van der Waals surface area contributed by atoms with Crippen molar-refractivity contribution in [1.29, 1.82) is 0 Å². The van der Waals surface area contributed by atoms with Gasteiger partial charge in [0.1, 0.15) is 18.4 Å². The molecule has 2 amide bonds. The Balaban J connectivity index is 1.69. The van der Waals surface area contributed by atoms with E-state index in [1.807, 2.05) is 23.1 Å². The van der Waals surface area contributed by atoms with E-state index in [1.54, 1.807) is 18.1 Å². The minimum absolute atomic E-state index is 0.0336. The van der Waals surface area contributed by atoms with Crippen molar-refractivity contribution in [2.75, 3.05) is 20.2 Å². The largest absolute Gasteiger partial charge is 0.496 e. The van der Waals surface area contributed by atoms with Gasteiger partial charge in [-0.15, -0.1) is 0 Å². The number of amides is 2. The molecule has 2 aromatic rings. The van der Waals surface area contributed by atoms with Crippen LogP contribution in [0.25, 0.3) is 0 Å². The number of para-hydroxylation sites is 1. The molecular formula is C18H25N5O2. The van der Waals surface area contributed by atoms with Crippen molar-refractivity contribution >= 4 is 6.03 Å². The minimum atomic E-state index is -0.0390. The molecule has 7 nitrogen and oxygen atoms in total. The van der Waals surface area contributed by atoms with Gasteiger partial charge in [-0.1, -0.05) is 25.1 Å². The lowest BCUT2D eigenvalue weighted by Gasteiger charge is -2.39. The summed E-state index contributed by atoms with van der Waals surface area (Å²) in [5.41, 5.74) is 1.07. The molecule has 0 spiro atoms. The van der Waals surface area contributed by atoms with Crippen molar-refractivity contribution in [2.45, 2.75) is 32.4 Å². The molecule has 2 atom stereocenters. The van der Waals surface area contributed by atoms with E-state index in [1.165, 1.54) is 6.33 Å². The van der Waals surface area contributed by atoms with Crippen LogP contribution in [0.15, 0.2) is 36.9 Å². The summed E-state index contributed by atoms with van der Waals surface area (Å²) in [6, 6.07) is 7.95. The van der Waals surface area contributed by atoms with Crippen LogP contribution in [0.5, 0.6) is 5.75 Å². The van der Waals surface area contributed by atoms with Crippen LogP contribution in [0.1, 0.15) is 31.4 Å². The Morgan fingerprint density at radius 3 is 3.00 bits per heavy atom. The number of carbonyl (C=O) groups excluding carboxylic acids is 1. The number of likely N-dealkylation sites (tertiary alicyclic amines) is 1. The van der Waals surface area contributed by atoms with E-state index < -0.39 is 0 Å². The number of benzene rings is 1. The van der Waals surface area contributed by atoms with Crippen LogP contribution in [0.3, 0.4) is 0 Å². The van der Waals surface area contributed by atoms with Crippen molar-refractivity contribution in [1.82, 2.24) is 25.0 Å². The molecular weight excluding hydrogens is 318 g/mol. The summed E-state index contributed by atoms with van der Waals surface area (Å²) in [7, 11) is 1.67. The number of hydrogen-bond acceptors (Lipinski definition) is 4. The number of rotatable bonds is 5. The van der Waals surface area contributed by atoms with Crippen molar-refractivity contribution in [3.05, 3.63) is 42.5 Å².